The van der Waals surface area contributed by atoms with Gasteiger partial charge in [-0.3, -0.25) is 9.59 Å². The fraction of sp³-hybridized carbons (Fsp3) is 0.333. The van der Waals surface area contributed by atoms with Gasteiger partial charge in [0.2, 0.25) is 15.9 Å². The van der Waals surface area contributed by atoms with Gasteiger partial charge < -0.3 is 10.2 Å². The molecule has 9 heteroatoms. The quantitative estimate of drug-likeness (QED) is 0.755. The summed E-state index contributed by atoms with van der Waals surface area (Å²) in [7, 11) is -3.89. The smallest absolute Gasteiger partial charge is 0.254 e. The van der Waals surface area contributed by atoms with Crippen LogP contribution >= 0.6 is 0 Å². The van der Waals surface area contributed by atoms with Gasteiger partial charge in [-0.2, -0.15) is 4.31 Å². The van der Waals surface area contributed by atoms with Crippen molar-refractivity contribution >= 4 is 21.8 Å². The van der Waals surface area contributed by atoms with Gasteiger partial charge in [-0.05, 0) is 48.7 Å². The SMILES string of the molecule is O=C1CN(S(=O)(=O)c2cccc(C(=O)N(Cc3cccc(F)c3)C3CC3)c2)CCN1. The van der Waals surface area contributed by atoms with Gasteiger partial charge in [-0.1, -0.05) is 18.2 Å². The number of hydrogen-bond acceptors (Lipinski definition) is 4. The molecule has 158 valence electrons. The molecule has 0 aromatic heterocycles. The Morgan fingerprint density at radius 2 is 1.93 bits per heavy atom. The second-order valence-corrected chi connectivity index (χ2v) is 9.45. The zero-order valence-corrected chi connectivity index (χ0v) is 17.1. The third-order valence-electron chi connectivity index (χ3n) is 5.21. The molecule has 30 heavy (non-hydrogen) atoms. The summed E-state index contributed by atoms with van der Waals surface area (Å²) in [4.78, 5) is 26.4. The van der Waals surface area contributed by atoms with Gasteiger partial charge in [-0.15, -0.1) is 0 Å². The molecule has 1 saturated carbocycles. The molecule has 1 aliphatic carbocycles. The number of piperazine rings is 1. The van der Waals surface area contributed by atoms with Crippen LogP contribution in [0.25, 0.3) is 0 Å². The summed E-state index contributed by atoms with van der Waals surface area (Å²) < 4.78 is 40.5. The van der Waals surface area contributed by atoms with Crippen LogP contribution in [0.5, 0.6) is 0 Å². The Labute approximate surface area is 174 Å². The van der Waals surface area contributed by atoms with E-state index >= 15 is 0 Å². The van der Waals surface area contributed by atoms with Crippen LogP contribution in [0.3, 0.4) is 0 Å². The first-order valence-electron chi connectivity index (χ1n) is 9.77. The molecule has 4 rings (SSSR count). The van der Waals surface area contributed by atoms with Crippen LogP contribution in [0.1, 0.15) is 28.8 Å². The van der Waals surface area contributed by atoms with Crippen LogP contribution in [0, 0.1) is 5.82 Å². The van der Waals surface area contributed by atoms with Crippen LogP contribution in [-0.4, -0.2) is 55.1 Å². The maximum absolute atomic E-state index is 13.5. The first-order chi connectivity index (χ1) is 14.3. The van der Waals surface area contributed by atoms with Crippen LogP contribution in [0.4, 0.5) is 4.39 Å². The van der Waals surface area contributed by atoms with Crippen molar-refractivity contribution in [2.45, 2.75) is 30.3 Å². The first kappa shape index (κ1) is 20.5. The Morgan fingerprint density at radius 1 is 1.17 bits per heavy atom. The van der Waals surface area contributed by atoms with Crippen molar-refractivity contribution in [1.82, 2.24) is 14.5 Å². The second-order valence-electron chi connectivity index (χ2n) is 7.51. The van der Waals surface area contributed by atoms with Crippen molar-refractivity contribution in [3.05, 3.63) is 65.5 Å². The van der Waals surface area contributed by atoms with E-state index in [0.717, 1.165) is 17.1 Å². The van der Waals surface area contributed by atoms with E-state index in [1.165, 1.54) is 30.3 Å². The predicted octanol–water partition coefficient (Wildman–Crippen LogP) is 1.75. The van der Waals surface area contributed by atoms with Gasteiger partial charge in [-0.25, -0.2) is 12.8 Å². The number of nitrogens with zero attached hydrogens (tertiary/aromatic N) is 2. The van der Waals surface area contributed by atoms with Gasteiger partial charge >= 0.3 is 0 Å². The zero-order chi connectivity index (χ0) is 21.3. The molecule has 7 nitrogen and oxygen atoms in total. The molecule has 0 spiro atoms. The normalized spacial score (nSPS) is 17.4. The van der Waals surface area contributed by atoms with Gasteiger partial charge in [0.25, 0.3) is 5.91 Å². The number of sulfonamides is 1. The van der Waals surface area contributed by atoms with Gasteiger partial charge in [0.15, 0.2) is 0 Å². The molecule has 2 aromatic carbocycles. The number of carbonyl (C=O) groups excluding carboxylic acids is 2. The van der Waals surface area contributed by atoms with E-state index in [4.69, 9.17) is 0 Å². The van der Waals surface area contributed by atoms with Crippen molar-refractivity contribution in [1.29, 1.82) is 0 Å². The highest BCUT2D eigenvalue weighted by Gasteiger charge is 2.34. The molecule has 2 aliphatic rings. The maximum Gasteiger partial charge on any atom is 0.254 e. The average Bonchev–Trinajstić information content (AvgIpc) is 3.57. The zero-order valence-electron chi connectivity index (χ0n) is 16.3. The molecular formula is C21H22FN3O4S. The second kappa shape index (κ2) is 8.16. The lowest BCUT2D eigenvalue weighted by molar-refractivity contribution is -0.122. The molecule has 0 radical (unpaired) electrons. The highest BCUT2D eigenvalue weighted by molar-refractivity contribution is 7.89. The third kappa shape index (κ3) is 4.36. The van der Waals surface area contributed by atoms with Crippen molar-refractivity contribution in [2.75, 3.05) is 19.6 Å². The lowest BCUT2D eigenvalue weighted by Gasteiger charge is -2.26. The minimum atomic E-state index is -3.89. The van der Waals surface area contributed by atoms with Crippen LogP contribution in [0.15, 0.2) is 53.4 Å². The molecular weight excluding hydrogens is 409 g/mol. The lowest BCUT2D eigenvalue weighted by atomic mass is 10.1. The van der Waals surface area contributed by atoms with Crippen molar-refractivity contribution in [2.24, 2.45) is 0 Å². The number of carbonyl (C=O) groups is 2. The van der Waals surface area contributed by atoms with E-state index in [9.17, 15) is 22.4 Å². The van der Waals surface area contributed by atoms with Crippen molar-refractivity contribution in [3.63, 3.8) is 0 Å². The number of rotatable bonds is 6. The number of hydrogen-bond donors (Lipinski definition) is 1. The first-order valence-corrected chi connectivity index (χ1v) is 11.2. The number of nitrogens with one attached hydrogen (secondary N) is 1. The summed E-state index contributed by atoms with van der Waals surface area (Å²) in [5, 5.41) is 2.59. The van der Waals surface area contributed by atoms with Gasteiger partial charge in [0.05, 0.1) is 11.4 Å². The van der Waals surface area contributed by atoms with Gasteiger partial charge in [0.1, 0.15) is 5.82 Å². The fourth-order valence-electron chi connectivity index (χ4n) is 3.51. The Morgan fingerprint density at radius 3 is 2.63 bits per heavy atom. The summed E-state index contributed by atoms with van der Waals surface area (Å²) in [5.41, 5.74) is 0.930. The summed E-state index contributed by atoms with van der Waals surface area (Å²) in [6.45, 7) is 0.443. The Bertz CT molecular complexity index is 1090. The van der Waals surface area contributed by atoms with Crippen molar-refractivity contribution in [3.8, 4) is 0 Å². The van der Waals surface area contributed by atoms with E-state index in [-0.39, 0.29) is 60.3 Å². The molecule has 1 N–H and O–H groups in total. The molecule has 0 unspecified atom stereocenters. The van der Waals surface area contributed by atoms with E-state index in [0.29, 0.717) is 5.56 Å². The summed E-state index contributed by atoms with van der Waals surface area (Å²) in [6, 6.07) is 12.0. The number of halogens is 1. The summed E-state index contributed by atoms with van der Waals surface area (Å²) >= 11 is 0. The van der Waals surface area contributed by atoms with E-state index in [1.54, 1.807) is 23.1 Å². The van der Waals surface area contributed by atoms with E-state index < -0.39 is 10.0 Å². The third-order valence-corrected chi connectivity index (χ3v) is 7.05. The van der Waals surface area contributed by atoms with Crippen molar-refractivity contribution < 1.29 is 22.4 Å². The standard InChI is InChI=1S/C21H22FN3O4S/c22-17-5-1-3-15(11-17)13-25(18-7-8-18)21(27)16-4-2-6-19(12-16)30(28,29)24-10-9-23-20(26)14-24/h1-6,11-12,18H,7-10,13-14H2,(H,23,26). The predicted molar refractivity (Wildman–Crippen MR) is 108 cm³/mol. The topological polar surface area (TPSA) is 86.8 Å². The number of benzene rings is 2. The van der Waals surface area contributed by atoms with Gasteiger partial charge in [0, 0.05) is 31.2 Å². The fourth-order valence-corrected chi connectivity index (χ4v) is 4.95. The monoisotopic (exact) mass is 431 g/mol. The molecule has 2 amide bonds. The van der Waals surface area contributed by atoms with Crippen LogP contribution in [0.2, 0.25) is 0 Å². The van der Waals surface area contributed by atoms with Crippen LogP contribution in [-0.2, 0) is 21.4 Å². The summed E-state index contributed by atoms with van der Waals surface area (Å²) in [6.07, 6.45) is 1.73. The molecule has 2 fully saturated rings. The molecule has 0 bridgehead atoms. The van der Waals surface area contributed by atoms with E-state index in [2.05, 4.69) is 5.32 Å². The lowest BCUT2D eigenvalue weighted by Crippen LogP contribution is -2.49. The largest absolute Gasteiger partial charge is 0.354 e. The molecule has 2 aromatic rings. The average molecular weight is 431 g/mol. The van der Waals surface area contributed by atoms with E-state index in [1.807, 2.05) is 0 Å². The molecule has 1 heterocycles. The maximum atomic E-state index is 13.5. The van der Waals surface area contributed by atoms with Crippen LogP contribution < -0.4 is 5.32 Å². The highest BCUT2D eigenvalue weighted by Crippen LogP contribution is 2.30. The molecule has 0 atom stereocenters. The Kier molecular flexibility index (Phi) is 5.57. The molecule has 1 aliphatic heterocycles. The summed E-state index contributed by atoms with van der Waals surface area (Å²) in [5.74, 6) is -1.02. The Hall–Kier alpha value is -2.78. The Balaban J connectivity index is 1.59. The minimum Gasteiger partial charge on any atom is -0.354 e. The number of amides is 2. The highest BCUT2D eigenvalue weighted by atomic mass is 32.2. The molecule has 1 saturated heterocycles. The minimum absolute atomic E-state index is 0.0236.